The molecule has 0 spiro atoms. The van der Waals surface area contributed by atoms with E-state index in [-0.39, 0.29) is 17.7 Å². The standard InChI is InChI=1S/C13H17IN2O2S/c1-15(2)12(17)9-3-5-16(6-4-9)13(18)10-7-11(14)19-8-10/h7-9H,3-6H2,1-2H3. The monoisotopic (exact) mass is 392 g/mol. The van der Waals surface area contributed by atoms with Gasteiger partial charge in [0.05, 0.1) is 8.45 Å². The lowest BCUT2D eigenvalue weighted by Gasteiger charge is -2.32. The maximum absolute atomic E-state index is 12.3. The number of halogens is 1. The van der Waals surface area contributed by atoms with Gasteiger partial charge in [0, 0.05) is 38.5 Å². The first-order valence-electron chi connectivity index (χ1n) is 6.23. The van der Waals surface area contributed by atoms with Crippen LogP contribution in [0.5, 0.6) is 0 Å². The van der Waals surface area contributed by atoms with Gasteiger partial charge in [-0.15, -0.1) is 11.3 Å². The Morgan fingerprint density at radius 1 is 1.37 bits per heavy atom. The van der Waals surface area contributed by atoms with Gasteiger partial charge in [-0.3, -0.25) is 9.59 Å². The average molecular weight is 392 g/mol. The van der Waals surface area contributed by atoms with Gasteiger partial charge in [-0.05, 0) is 41.5 Å². The minimum Gasteiger partial charge on any atom is -0.349 e. The second kappa shape index (κ2) is 6.21. The number of likely N-dealkylation sites (tertiary alicyclic amines) is 1. The van der Waals surface area contributed by atoms with Crippen LogP contribution in [0.3, 0.4) is 0 Å². The minimum atomic E-state index is 0.0710. The van der Waals surface area contributed by atoms with Crippen LogP contribution in [0.25, 0.3) is 0 Å². The zero-order valence-electron chi connectivity index (χ0n) is 11.1. The largest absolute Gasteiger partial charge is 0.349 e. The number of hydrogen-bond donors (Lipinski definition) is 0. The molecule has 104 valence electrons. The van der Waals surface area contributed by atoms with Crippen molar-refractivity contribution >= 4 is 45.7 Å². The van der Waals surface area contributed by atoms with Crippen molar-refractivity contribution in [2.45, 2.75) is 12.8 Å². The molecule has 0 aliphatic carbocycles. The summed E-state index contributed by atoms with van der Waals surface area (Å²) < 4.78 is 1.12. The van der Waals surface area contributed by atoms with Crippen LogP contribution in [0, 0.1) is 8.80 Å². The zero-order valence-corrected chi connectivity index (χ0v) is 14.0. The first-order chi connectivity index (χ1) is 8.99. The Morgan fingerprint density at radius 2 is 2.00 bits per heavy atom. The summed E-state index contributed by atoms with van der Waals surface area (Å²) in [5.74, 6) is 0.341. The second-order valence-electron chi connectivity index (χ2n) is 4.94. The fraction of sp³-hybridized carbons (Fsp3) is 0.538. The lowest BCUT2D eigenvalue weighted by molar-refractivity contribution is -0.134. The molecule has 2 rings (SSSR count). The fourth-order valence-corrected chi connectivity index (χ4v) is 3.62. The van der Waals surface area contributed by atoms with Crippen molar-refractivity contribution < 1.29 is 9.59 Å². The molecule has 1 saturated heterocycles. The van der Waals surface area contributed by atoms with E-state index < -0.39 is 0 Å². The molecule has 0 atom stereocenters. The Hall–Kier alpha value is -0.630. The van der Waals surface area contributed by atoms with Gasteiger partial charge in [0.25, 0.3) is 5.91 Å². The van der Waals surface area contributed by atoms with Crippen molar-refractivity contribution in [2.75, 3.05) is 27.2 Å². The number of piperidine rings is 1. The maximum atomic E-state index is 12.3. The molecular weight excluding hydrogens is 375 g/mol. The molecule has 0 saturated carbocycles. The van der Waals surface area contributed by atoms with Crippen LogP contribution in [-0.4, -0.2) is 48.8 Å². The van der Waals surface area contributed by atoms with Crippen LogP contribution in [0.2, 0.25) is 0 Å². The number of carbonyl (C=O) groups excluding carboxylic acids is 2. The molecule has 1 aliphatic rings. The van der Waals surface area contributed by atoms with Crippen molar-refractivity contribution in [1.29, 1.82) is 0 Å². The molecule has 4 nitrogen and oxygen atoms in total. The van der Waals surface area contributed by atoms with E-state index >= 15 is 0 Å². The number of nitrogens with zero attached hydrogens (tertiary/aromatic N) is 2. The summed E-state index contributed by atoms with van der Waals surface area (Å²) in [6.07, 6.45) is 1.54. The molecule has 2 heterocycles. The highest BCUT2D eigenvalue weighted by atomic mass is 127. The van der Waals surface area contributed by atoms with Gasteiger partial charge in [0.1, 0.15) is 0 Å². The average Bonchev–Trinajstić information content (AvgIpc) is 2.84. The molecule has 1 aromatic heterocycles. The Bertz CT molecular complexity index is 479. The van der Waals surface area contributed by atoms with Crippen LogP contribution in [0.15, 0.2) is 11.4 Å². The SMILES string of the molecule is CN(C)C(=O)C1CCN(C(=O)c2csc(I)c2)CC1. The number of thiophene rings is 1. The van der Waals surface area contributed by atoms with Gasteiger partial charge < -0.3 is 9.80 Å². The number of carbonyl (C=O) groups is 2. The summed E-state index contributed by atoms with van der Waals surface area (Å²) in [5.41, 5.74) is 0.770. The molecular formula is C13H17IN2O2S. The highest BCUT2D eigenvalue weighted by Crippen LogP contribution is 2.23. The van der Waals surface area contributed by atoms with E-state index in [1.54, 1.807) is 30.3 Å². The van der Waals surface area contributed by atoms with Crippen molar-refractivity contribution in [1.82, 2.24) is 9.80 Å². The number of hydrogen-bond acceptors (Lipinski definition) is 3. The molecule has 1 fully saturated rings. The second-order valence-corrected chi connectivity index (χ2v) is 7.74. The molecule has 2 amide bonds. The van der Waals surface area contributed by atoms with Gasteiger partial charge in [0.2, 0.25) is 5.91 Å². The Balaban J connectivity index is 1.93. The van der Waals surface area contributed by atoms with Crippen molar-refractivity contribution in [2.24, 2.45) is 5.92 Å². The molecule has 19 heavy (non-hydrogen) atoms. The molecule has 0 unspecified atom stereocenters. The lowest BCUT2D eigenvalue weighted by atomic mass is 9.95. The summed E-state index contributed by atoms with van der Waals surface area (Å²) in [4.78, 5) is 27.6. The van der Waals surface area contributed by atoms with E-state index in [9.17, 15) is 9.59 Å². The predicted octanol–water partition coefficient (Wildman–Crippen LogP) is 2.29. The summed E-state index contributed by atoms with van der Waals surface area (Å²) >= 11 is 3.81. The molecule has 1 aliphatic heterocycles. The molecule has 0 radical (unpaired) electrons. The highest BCUT2D eigenvalue weighted by molar-refractivity contribution is 14.1. The van der Waals surface area contributed by atoms with Crippen LogP contribution in [0.1, 0.15) is 23.2 Å². The third-order valence-electron chi connectivity index (χ3n) is 3.39. The van der Waals surface area contributed by atoms with Crippen LogP contribution in [0.4, 0.5) is 0 Å². The van der Waals surface area contributed by atoms with E-state index in [4.69, 9.17) is 0 Å². The Labute approximate surface area is 130 Å². The fourth-order valence-electron chi connectivity index (χ4n) is 2.30. The van der Waals surface area contributed by atoms with Gasteiger partial charge in [-0.1, -0.05) is 0 Å². The third kappa shape index (κ3) is 3.47. The van der Waals surface area contributed by atoms with Crippen molar-refractivity contribution in [3.05, 3.63) is 19.9 Å². The summed E-state index contributed by atoms with van der Waals surface area (Å²) in [5, 5.41) is 1.90. The van der Waals surface area contributed by atoms with Crippen LogP contribution >= 0.6 is 33.9 Å². The first kappa shape index (κ1) is 14.8. The summed E-state index contributed by atoms with van der Waals surface area (Å²) in [6.45, 7) is 1.35. The molecule has 0 aromatic carbocycles. The van der Waals surface area contributed by atoms with E-state index in [0.29, 0.717) is 13.1 Å². The highest BCUT2D eigenvalue weighted by Gasteiger charge is 2.28. The predicted molar refractivity (Wildman–Crippen MR) is 84.4 cm³/mol. The van der Waals surface area contributed by atoms with E-state index in [1.165, 1.54) is 0 Å². The quantitative estimate of drug-likeness (QED) is 0.725. The van der Waals surface area contributed by atoms with E-state index in [0.717, 1.165) is 21.3 Å². The van der Waals surface area contributed by atoms with E-state index in [1.807, 2.05) is 16.3 Å². The van der Waals surface area contributed by atoms with Crippen molar-refractivity contribution in [3.8, 4) is 0 Å². The summed E-state index contributed by atoms with van der Waals surface area (Å²) in [7, 11) is 3.57. The van der Waals surface area contributed by atoms with E-state index in [2.05, 4.69) is 22.6 Å². The molecule has 6 heteroatoms. The number of amides is 2. The molecule has 1 aromatic rings. The smallest absolute Gasteiger partial charge is 0.254 e. The molecule has 0 bridgehead atoms. The van der Waals surface area contributed by atoms with Gasteiger partial charge in [-0.25, -0.2) is 0 Å². The maximum Gasteiger partial charge on any atom is 0.254 e. The lowest BCUT2D eigenvalue weighted by Crippen LogP contribution is -2.42. The number of rotatable bonds is 2. The Kier molecular flexibility index (Phi) is 4.83. The molecule has 0 N–H and O–H groups in total. The normalized spacial score (nSPS) is 16.5. The summed E-state index contributed by atoms with van der Waals surface area (Å²) in [6, 6.07) is 1.92. The van der Waals surface area contributed by atoms with Crippen molar-refractivity contribution in [3.63, 3.8) is 0 Å². The van der Waals surface area contributed by atoms with Gasteiger partial charge in [0.15, 0.2) is 0 Å². The topological polar surface area (TPSA) is 40.6 Å². The van der Waals surface area contributed by atoms with Crippen LogP contribution < -0.4 is 0 Å². The van der Waals surface area contributed by atoms with Gasteiger partial charge in [-0.2, -0.15) is 0 Å². The Morgan fingerprint density at radius 3 is 2.47 bits per heavy atom. The van der Waals surface area contributed by atoms with Crippen LogP contribution in [-0.2, 0) is 4.79 Å². The zero-order chi connectivity index (χ0) is 14.0. The minimum absolute atomic E-state index is 0.0710. The third-order valence-corrected chi connectivity index (χ3v) is 5.18. The van der Waals surface area contributed by atoms with Gasteiger partial charge >= 0.3 is 0 Å². The first-order valence-corrected chi connectivity index (χ1v) is 8.19.